The second-order valence-electron chi connectivity index (χ2n) is 9.66. The van der Waals surface area contributed by atoms with Crippen LogP contribution in [0, 0.1) is 5.41 Å². The number of hydrogen-bond donors (Lipinski definition) is 0. The fraction of sp³-hybridized carbons (Fsp3) is 0.704. The molecule has 1 fully saturated rings. The summed E-state index contributed by atoms with van der Waals surface area (Å²) in [6.45, 7) is 23.9. The van der Waals surface area contributed by atoms with E-state index in [4.69, 9.17) is 0 Å². The van der Waals surface area contributed by atoms with E-state index in [0.717, 1.165) is 31.5 Å². The van der Waals surface area contributed by atoms with Gasteiger partial charge in [0.1, 0.15) is 0 Å². The van der Waals surface area contributed by atoms with Gasteiger partial charge >= 0.3 is 6.03 Å². The number of unbranched alkanes of at least 4 members (excludes halogenated alkanes) is 2. The number of urea groups is 1. The van der Waals surface area contributed by atoms with Crippen molar-refractivity contribution in [2.24, 2.45) is 5.41 Å². The van der Waals surface area contributed by atoms with Crippen LogP contribution in [0.15, 0.2) is 35.4 Å². The molecule has 2 rings (SSSR count). The lowest BCUT2D eigenvalue weighted by Crippen LogP contribution is -2.55. The predicted molar refractivity (Wildman–Crippen MR) is 138 cm³/mol. The third-order valence-corrected chi connectivity index (χ3v) is 5.80. The van der Waals surface area contributed by atoms with E-state index >= 15 is 0 Å². The van der Waals surface area contributed by atoms with Gasteiger partial charge in [-0.2, -0.15) is 0 Å². The number of amides is 2. The van der Waals surface area contributed by atoms with Gasteiger partial charge in [-0.25, -0.2) is 4.79 Å². The monoisotopic (exact) mass is 447 g/mol. The molecule has 1 aromatic rings. The first-order valence-corrected chi connectivity index (χ1v) is 12.4. The molecule has 5 heteroatoms. The highest BCUT2D eigenvalue weighted by Gasteiger charge is 2.39. The Morgan fingerprint density at radius 2 is 1.56 bits per heavy atom. The van der Waals surface area contributed by atoms with Crippen molar-refractivity contribution in [3.8, 4) is 0 Å². The Morgan fingerprint density at radius 3 is 2.12 bits per heavy atom. The first-order chi connectivity index (χ1) is 14.9. The molecule has 1 aromatic heterocycles. The lowest BCUT2D eigenvalue weighted by Gasteiger charge is -2.44. The number of hydrogen-bond acceptors (Lipinski definition) is 2. The molecule has 1 saturated heterocycles. The number of aromatic nitrogens is 1. The molecular formula is C27H49N3O2. The predicted octanol–water partition coefficient (Wildman–Crippen LogP) is 7.01. The Labute approximate surface area is 197 Å². The smallest absolute Gasteiger partial charge is 0.315 e. The zero-order chi connectivity index (χ0) is 25.1. The molecule has 0 aliphatic carbocycles. The van der Waals surface area contributed by atoms with Crippen molar-refractivity contribution in [2.45, 2.75) is 107 Å². The van der Waals surface area contributed by atoms with Gasteiger partial charge in [-0.05, 0) is 44.2 Å². The molecule has 5 nitrogen and oxygen atoms in total. The average molecular weight is 448 g/mol. The van der Waals surface area contributed by atoms with Crippen molar-refractivity contribution in [2.75, 3.05) is 13.6 Å². The Kier molecular flexibility index (Phi) is 12.6. The van der Waals surface area contributed by atoms with Crippen LogP contribution in [0.25, 0.3) is 0 Å². The van der Waals surface area contributed by atoms with Gasteiger partial charge in [-0.3, -0.25) is 4.79 Å². The summed E-state index contributed by atoms with van der Waals surface area (Å²) >= 11 is 0. The molecule has 2 amide bonds. The second-order valence-corrected chi connectivity index (χ2v) is 9.66. The van der Waals surface area contributed by atoms with Gasteiger partial charge in [-0.1, -0.05) is 67.9 Å². The minimum absolute atomic E-state index is 0.00294. The molecule has 0 saturated carbocycles. The summed E-state index contributed by atoms with van der Waals surface area (Å²) in [5, 5.41) is 0. The topological polar surface area (TPSA) is 45.6 Å². The summed E-state index contributed by atoms with van der Waals surface area (Å²) < 4.78 is 1.80. The molecule has 0 spiro atoms. The maximum Gasteiger partial charge on any atom is 0.324 e. The molecule has 0 N–H and O–H groups in total. The zero-order valence-corrected chi connectivity index (χ0v) is 22.5. The first kappa shape index (κ1) is 30.0. The van der Waals surface area contributed by atoms with Crippen molar-refractivity contribution in [3.63, 3.8) is 0 Å². The van der Waals surface area contributed by atoms with E-state index in [0.29, 0.717) is 17.5 Å². The minimum Gasteiger partial charge on any atom is -0.315 e. The highest BCUT2D eigenvalue weighted by atomic mass is 16.2. The largest absolute Gasteiger partial charge is 0.324 e. The van der Waals surface area contributed by atoms with Crippen LogP contribution in [0.1, 0.15) is 100.0 Å². The fourth-order valence-electron chi connectivity index (χ4n) is 3.78. The quantitative estimate of drug-likeness (QED) is 0.422. The average Bonchev–Trinajstić information content (AvgIpc) is 2.74. The van der Waals surface area contributed by atoms with Gasteiger partial charge in [-0.15, -0.1) is 0 Å². The van der Waals surface area contributed by atoms with E-state index < -0.39 is 5.54 Å². The number of carbonyl (C=O) groups excluding carboxylic acids is 1. The second kappa shape index (κ2) is 13.5. The van der Waals surface area contributed by atoms with Gasteiger partial charge in [0.25, 0.3) is 5.56 Å². The molecule has 0 unspecified atom stereocenters. The van der Waals surface area contributed by atoms with Crippen molar-refractivity contribution in [3.05, 3.63) is 46.5 Å². The van der Waals surface area contributed by atoms with E-state index in [-0.39, 0.29) is 11.6 Å². The molecule has 1 aliphatic rings. The van der Waals surface area contributed by atoms with E-state index in [1.807, 2.05) is 59.9 Å². The van der Waals surface area contributed by atoms with Crippen molar-refractivity contribution >= 4 is 6.03 Å². The molecule has 2 heterocycles. The zero-order valence-electron chi connectivity index (χ0n) is 22.5. The molecule has 1 aliphatic heterocycles. The van der Waals surface area contributed by atoms with Crippen LogP contribution in [0.3, 0.4) is 0 Å². The summed E-state index contributed by atoms with van der Waals surface area (Å²) in [4.78, 5) is 29.3. The molecule has 0 atom stereocenters. The number of rotatable bonds is 7. The number of aryl methyl sites for hydroxylation is 1. The first-order valence-electron chi connectivity index (χ1n) is 12.4. The van der Waals surface area contributed by atoms with E-state index in [2.05, 4.69) is 27.4 Å². The maximum atomic E-state index is 13.1. The minimum atomic E-state index is -0.668. The number of pyridine rings is 1. The standard InChI is InChI=1S/C23H37N3O2.2C2H6/c1-18-13-17-26(21(28)24(18)7)23(5,6)19-12-11-16-25(20(19)27)15-10-8-9-14-22(2,3)4;2*1-2/h11-12,16H,1,8-10,13-15,17H2,2-7H3;2*1-2H3. The maximum absolute atomic E-state index is 13.1. The molecule has 0 bridgehead atoms. The third kappa shape index (κ3) is 8.14. The summed E-state index contributed by atoms with van der Waals surface area (Å²) in [5.41, 5.74) is 1.18. The van der Waals surface area contributed by atoms with Gasteiger partial charge in [0, 0.05) is 44.0 Å². The van der Waals surface area contributed by atoms with Gasteiger partial charge in [0.2, 0.25) is 0 Å². The highest BCUT2D eigenvalue weighted by molar-refractivity contribution is 5.78. The summed E-state index contributed by atoms with van der Waals surface area (Å²) in [6.07, 6.45) is 7.07. The number of nitrogens with zero attached hydrogens (tertiary/aromatic N) is 3. The summed E-state index contributed by atoms with van der Waals surface area (Å²) in [6, 6.07) is 3.68. The van der Waals surface area contributed by atoms with Crippen LogP contribution in [0.4, 0.5) is 4.79 Å². The van der Waals surface area contributed by atoms with Crippen LogP contribution in [-0.2, 0) is 12.1 Å². The Hall–Kier alpha value is -2.04. The van der Waals surface area contributed by atoms with Crippen LogP contribution in [0.5, 0.6) is 0 Å². The highest BCUT2D eigenvalue weighted by Crippen LogP contribution is 2.30. The SMILES string of the molecule is C=C1CCN(C(C)(C)c2cccn(CCCCCC(C)(C)C)c2=O)C(=O)N1C.CC.CC. The Bertz CT molecular complexity index is 772. The van der Waals surface area contributed by atoms with Crippen LogP contribution in [0.2, 0.25) is 0 Å². The normalized spacial score (nSPS) is 14.4. The Morgan fingerprint density at radius 1 is 0.969 bits per heavy atom. The van der Waals surface area contributed by atoms with Crippen molar-refractivity contribution < 1.29 is 4.79 Å². The van der Waals surface area contributed by atoms with Crippen LogP contribution >= 0.6 is 0 Å². The van der Waals surface area contributed by atoms with E-state index in [9.17, 15) is 9.59 Å². The molecule has 184 valence electrons. The van der Waals surface area contributed by atoms with Gasteiger partial charge < -0.3 is 14.4 Å². The molecule has 0 radical (unpaired) electrons. The molecule has 0 aromatic carbocycles. The number of carbonyl (C=O) groups is 1. The van der Waals surface area contributed by atoms with Crippen LogP contribution < -0.4 is 5.56 Å². The van der Waals surface area contributed by atoms with E-state index in [1.165, 1.54) is 12.8 Å². The summed E-state index contributed by atoms with van der Waals surface area (Å²) in [7, 11) is 1.74. The van der Waals surface area contributed by atoms with E-state index in [1.54, 1.807) is 21.4 Å². The molecule has 32 heavy (non-hydrogen) atoms. The Balaban J connectivity index is 0.00000227. The van der Waals surface area contributed by atoms with Crippen molar-refractivity contribution in [1.29, 1.82) is 0 Å². The van der Waals surface area contributed by atoms with Gasteiger partial charge in [0.15, 0.2) is 0 Å². The molecular weight excluding hydrogens is 398 g/mol. The summed E-state index contributed by atoms with van der Waals surface area (Å²) in [5.74, 6) is 0. The lowest BCUT2D eigenvalue weighted by molar-refractivity contribution is 0.0974. The van der Waals surface area contributed by atoms with Crippen LogP contribution in [-0.4, -0.2) is 34.0 Å². The lowest BCUT2D eigenvalue weighted by atomic mass is 9.89. The fourth-order valence-corrected chi connectivity index (χ4v) is 3.78. The van der Waals surface area contributed by atoms with Crippen molar-refractivity contribution in [1.82, 2.24) is 14.4 Å². The van der Waals surface area contributed by atoms with Gasteiger partial charge in [0.05, 0.1) is 5.54 Å². The third-order valence-electron chi connectivity index (χ3n) is 5.80.